The van der Waals surface area contributed by atoms with E-state index in [4.69, 9.17) is 9.47 Å². The Morgan fingerprint density at radius 1 is 1.00 bits per heavy atom. The van der Waals surface area contributed by atoms with E-state index in [1.807, 2.05) is 5.32 Å². The van der Waals surface area contributed by atoms with E-state index in [0.29, 0.717) is 6.07 Å². The van der Waals surface area contributed by atoms with Gasteiger partial charge in [0.1, 0.15) is 11.6 Å². The first-order chi connectivity index (χ1) is 12.2. The fourth-order valence-corrected chi connectivity index (χ4v) is 1.92. The molecule has 1 N–H and O–H groups in total. The Kier molecular flexibility index (Phi) is 5.81. The summed E-state index contributed by atoms with van der Waals surface area (Å²) >= 11 is 0. The van der Waals surface area contributed by atoms with Crippen LogP contribution in [0, 0.1) is 23.3 Å². The number of anilines is 1. The molecule has 138 valence electrons. The van der Waals surface area contributed by atoms with Gasteiger partial charge in [-0.15, -0.1) is 0 Å². The largest absolute Gasteiger partial charge is 0.497 e. The zero-order valence-corrected chi connectivity index (χ0v) is 13.6. The first kappa shape index (κ1) is 19.2. The molecular weight excluding hydrogens is 358 g/mol. The third kappa shape index (κ3) is 4.11. The number of hydrogen-bond acceptors (Lipinski definition) is 4. The summed E-state index contributed by atoms with van der Waals surface area (Å²) < 4.78 is 63.0. The number of carbonyl (C=O) groups excluding carboxylic acids is 2. The molecule has 2 aromatic rings. The highest BCUT2D eigenvalue weighted by Gasteiger charge is 2.23. The topological polar surface area (TPSA) is 64.6 Å². The van der Waals surface area contributed by atoms with Gasteiger partial charge in [0, 0.05) is 6.07 Å². The second-order valence-electron chi connectivity index (χ2n) is 5.11. The van der Waals surface area contributed by atoms with Crippen LogP contribution in [0.3, 0.4) is 0 Å². The predicted molar refractivity (Wildman–Crippen MR) is 82.8 cm³/mol. The van der Waals surface area contributed by atoms with Gasteiger partial charge in [-0.1, -0.05) is 0 Å². The Bertz CT molecular complexity index is 857. The molecule has 0 unspecified atom stereocenters. The monoisotopic (exact) mass is 371 g/mol. The summed E-state index contributed by atoms with van der Waals surface area (Å²) in [5.41, 5.74) is -1.07. The van der Waals surface area contributed by atoms with Gasteiger partial charge >= 0.3 is 5.97 Å². The smallest absolute Gasteiger partial charge is 0.341 e. The molecule has 26 heavy (non-hydrogen) atoms. The van der Waals surface area contributed by atoms with Crippen molar-refractivity contribution in [2.45, 2.75) is 13.0 Å². The van der Waals surface area contributed by atoms with Gasteiger partial charge in [0.05, 0.1) is 18.4 Å². The van der Waals surface area contributed by atoms with Crippen LogP contribution in [0.4, 0.5) is 23.2 Å². The van der Waals surface area contributed by atoms with Crippen molar-refractivity contribution in [3.05, 3.63) is 59.2 Å². The average Bonchev–Trinajstić information content (AvgIpc) is 2.61. The Labute approximate surface area is 145 Å². The first-order valence-corrected chi connectivity index (χ1v) is 7.23. The van der Waals surface area contributed by atoms with E-state index in [9.17, 15) is 27.2 Å². The van der Waals surface area contributed by atoms with Crippen LogP contribution >= 0.6 is 0 Å². The molecule has 1 atom stereocenters. The highest BCUT2D eigenvalue weighted by Crippen LogP contribution is 2.21. The van der Waals surface area contributed by atoms with Gasteiger partial charge in [0.2, 0.25) is 0 Å². The zero-order chi connectivity index (χ0) is 19.4. The van der Waals surface area contributed by atoms with Crippen LogP contribution in [0.25, 0.3) is 0 Å². The molecule has 5 nitrogen and oxygen atoms in total. The minimum absolute atomic E-state index is 0.179. The van der Waals surface area contributed by atoms with Crippen LogP contribution in [-0.2, 0) is 9.53 Å². The minimum Gasteiger partial charge on any atom is -0.497 e. The van der Waals surface area contributed by atoms with Crippen LogP contribution < -0.4 is 10.1 Å². The van der Waals surface area contributed by atoms with Gasteiger partial charge in [-0.25, -0.2) is 22.4 Å². The molecule has 0 aromatic heterocycles. The van der Waals surface area contributed by atoms with Gasteiger partial charge in [0.15, 0.2) is 23.6 Å². The molecule has 1 amide bonds. The maximum Gasteiger partial charge on any atom is 0.341 e. The van der Waals surface area contributed by atoms with Crippen molar-refractivity contribution in [3.63, 3.8) is 0 Å². The van der Waals surface area contributed by atoms with Gasteiger partial charge in [-0.2, -0.15) is 0 Å². The maximum atomic E-state index is 13.8. The van der Waals surface area contributed by atoms with Crippen molar-refractivity contribution in [2.75, 3.05) is 12.4 Å². The summed E-state index contributed by atoms with van der Waals surface area (Å²) in [4.78, 5) is 23.9. The van der Waals surface area contributed by atoms with E-state index < -0.39 is 52.5 Å². The molecule has 9 heteroatoms. The Hall–Kier alpha value is -3.10. The number of methoxy groups -OCH3 is 1. The van der Waals surface area contributed by atoms with Crippen molar-refractivity contribution in [3.8, 4) is 5.75 Å². The van der Waals surface area contributed by atoms with E-state index in [1.165, 1.54) is 13.2 Å². The predicted octanol–water partition coefficient (Wildman–Crippen LogP) is 3.44. The maximum absolute atomic E-state index is 13.8. The normalized spacial score (nSPS) is 11.6. The lowest BCUT2D eigenvalue weighted by Gasteiger charge is -2.14. The van der Waals surface area contributed by atoms with Crippen molar-refractivity contribution in [1.29, 1.82) is 0 Å². The standard InChI is InChI=1S/C17H13F4NO4/c1-8(16(23)22-13-6-5-11(18)14(20)15(13)21)26-17(24)10-4-3-9(25-2)7-12(10)19/h3-8H,1-2H3,(H,22,23)/t8-/m0/s1. The van der Waals surface area contributed by atoms with E-state index in [2.05, 4.69) is 0 Å². The second-order valence-corrected chi connectivity index (χ2v) is 5.11. The van der Waals surface area contributed by atoms with Gasteiger partial charge < -0.3 is 14.8 Å². The Morgan fingerprint density at radius 2 is 1.69 bits per heavy atom. The molecule has 0 aliphatic carbocycles. The number of amides is 1. The summed E-state index contributed by atoms with van der Waals surface area (Å²) in [7, 11) is 1.32. The molecule has 0 saturated heterocycles. The molecule has 0 heterocycles. The number of benzene rings is 2. The number of nitrogens with one attached hydrogen (secondary N) is 1. The van der Waals surface area contributed by atoms with E-state index in [0.717, 1.165) is 25.1 Å². The summed E-state index contributed by atoms with van der Waals surface area (Å²) in [6.07, 6.45) is -1.46. The lowest BCUT2D eigenvalue weighted by Crippen LogP contribution is -2.30. The number of ether oxygens (including phenoxy) is 2. The summed E-state index contributed by atoms with van der Waals surface area (Å²) in [6, 6.07) is 4.82. The highest BCUT2D eigenvalue weighted by atomic mass is 19.2. The van der Waals surface area contributed by atoms with Crippen LogP contribution in [0.5, 0.6) is 5.75 Å². The van der Waals surface area contributed by atoms with Crippen molar-refractivity contribution < 1.29 is 36.6 Å². The van der Waals surface area contributed by atoms with Crippen molar-refractivity contribution in [2.24, 2.45) is 0 Å². The SMILES string of the molecule is COc1ccc(C(=O)O[C@@H](C)C(=O)Nc2ccc(F)c(F)c2F)c(F)c1. The lowest BCUT2D eigenvalue weighted by molar-refractivity contribution is -0.123. The number of hydrogen-bond donors (Lipinski definition) is 1. The van der Waals surface area contributed by atoms with E-state index >= 15 is 0 Å². The molecule has 0 radical (unpaired) electrons. The molecular formula is C17H13F4NO4. The number of halogens is 4. The zero-order valence-electron chi connectivity index (χ0n) is 13.6. The quantitative estimate of drug-likeness (QED) is 0.497. The fraction of sp³-hybridized carbons (Fsp3) is 0.176. The molecule has 2 aromatic carbocycles. The lowest BCUT2D eigenvalue weighted by atomic mass is 10.2. The number of rotatable bonds is 5. The number of esters is 1. The number of carbonyl (C=O) groups is 2. The molecule has 0 spiro atoms. The fourth-order valence-electron chi connectivity index (χ4n) is 1.92. The first-order valence-electron chi connectivity index (χ1n) is 7.23. The van der Waals surface area contributed by atoms with Gasteiger partial charge in [-0.3, -0.25) is 4.79 Å². The van der Waals surface area contributed by atoms with Crippen molar-refractivity contribution >= 4 is 17.6 Å². The Balaban J connectivity index is 2.07. The summed E-state index contributed by atoms with van der Waals surface area (Å²) in [6.45, 7) is 1.15. The molecule has 0 aliphatic heterocycles. The molecule has 0 fully saturated rings. The minimum atomic E-state index is -1.76. The van der Waals surface area contributed by atoms with Crippen LogP contribution in [0.15, 0.2) is 30.3 Å². The van der Waals surface area contributed by atoms with Crippen molar-refractivity contribution in [1.82, 2.24) is 0 Å². The Morgan fingerprint density at radius 3 is 2.31 bits per heavy atom. The van der Waals surface area contributed by atoms with Crippen LogP contribution in [0.2, 0.25) is 0 Å². The third-order valence-electron chi connectivity index (χ3n) is 3.34. The van der Waals surface area contributed by atoms with E-state index in [-0.39, 0.29) is 5.75 Å². The summed E-state index contributed by atoms with van der Waals surface area (Å²) in [5, 5.41) is 1.96. The third-order valence-corrected chi connectivity index (χ3v) is 3.34. The highest BCUT2D eigenvalue weighted by molar-refractivity contribution is 5.97. The van der Waals surface area contributed by atoms with E-state index in [1.54, 1.807) is 0 Å². The molecule has 0 bridgehead atoms. The molecule has 0 aliphatic rings. The molecule has 0 saturated carbocycles. The second kappa shape index (κ2) is 7.85. The average molecular weight is 371 g/mol. The van der Waals surface area contributed by atoms with Crippen LogP contribution in [0.1, 0.15) is 17.3 Å². The van der Waals surface area contributed by atoms with Gasteiger partial charge in [0.25, 0.3) is 5.91 Å². The molecule has 2 rings (SSSR count). The summed E-state index contributed by atoms with van der Waals surface area (Å²) in [5.74, 6) is -7.68. The van der Waals surface area contributed by atoms with Gasteiger partial charge in [-0.05, 0) is 31.2 Å². The van der Waals surface area contributed by atoms with Crippen LogP contribution in [-0.4, -0.2) is 25.1 Å².